The van der Waals surface area contributed by atoms with E-state index in [4.69, 9.17) is 27.9 Å². The number of benzene rings is 3. The van der Waals surface area contributed by atoms with Crippen LogP contribution in [0, 0.1) is 6.92 Å². The molecule has 0 saturated carbocycles. The number of para-hydroxylation sites is 2. The monoisotopic (exact) mass is 605 g/mol. The number of methoxy groups -OCH3 is 1. The molecule has 3 rings (SSSR count). The lowest BCUT2D eigenvalue weighted by Gasteiger charge is -2.32. The van der Waals surface area contributed by atoms with Gasteiger partial charge in [0.1, 0.15) is 18.3 Å². The Hall–Kier alpha value is -3.27. The van der Waals surface area contributed by atoms with E-state index in [9.17, 15) is 18.0 Å². The molecule has 0 heterocycles. The fourth-order valence-electron chi connectivity index (χ4n) is 4.00. The summed E-state index contributed by atoms with van der Waals surface area (Å²) >= 11 is 12.3. The molecule has 40 heavy (non-hydrogen) atoms. The highest BCUT2D eigenvalue weighted by molar-refractivity contribution is 7.92. The van der Waals surface area contributed by atoms with Gasteiger partial charge in [-0.1, -0.05) is 66.0 Å². The van der Waals surface area contributed by atoms with Gasteiger partial charge in [-0.2, -0.15) is 0 Å². The molecule has 0 spiro atoms. The molecule has 0 aliphatic heterocycles. The van der Waals surface area contributed by atoms with Gasteiger partial charge in [-0.15, -0.1) is 0 Å². The van der Waals surface area contributed by atoms with E-state index in [1.165, 1.54) is 24.1 Å². The van der Waals surface area contributed by atoms with Crippen molar-refractivity contribution in [2.24, 2.45) is 0 Å². The Morgan fingerprint density at radius 1 is 1.00 bits per heavy atom. The lowest BCUT2D eigenvalue weighted by atomic mass is 10.1. The van der Waals surface area contributed by atoms with Crippen molar-refractivity contribution in [3.63, 3.8) is 0 Å². The normalized spacial score (nSPS) is 11.9. The molecule has 8 nitrogen and oxygen atoms in total. The van der Waals surface area contributed by atoms with E-state index in [0.29, 0.717) is 22.2 Å². The minimum Gasteiger partial charge on any atom is -0.495 e. The van der Waals surface area contributed by atoms with Gasteiger partial charge in [-0.05, 0) is 62.2 Å². The molecule has 1 N–H and O–H groups in total. The van der Waals surface area contributed by atoms with Crippen molar-refractivity contribution < 1.29 is 22.7 Å². The Morgan fingerprint density at radius 3 is 2.30 bits per heavy atom. The van der Waals surface area contributed by atoms with Crippen LogP contribution in [-0.4, -0.2) is 51.4 Å². The van der Waals surface area contributed by atoms with Crippen molar-refractivity contribution in [3.8, 4) is 5.75 Å². The molecule has 0 aromatic heterocycles. The van der Waals surface area contributed by atoms with Crippen LogP contribution in [0.4, 0.5) is 5.69 Å². The minimum atomic E-state index is -4.21. The van der Waals surface area contributed by atoms with Gasteiger partial charge in [0, 0.05) is 13.1 Å². The van der Waals surface area contributed by atoms with Crippen molar-refractivity contribution in [1.82, 2.24) is 10.2 Å². The van der Waals surface area contributed by atoms with E-state index in [1.807, 2.05) is 13.8 Å². The summed E-state index contributed by atoms with van der Waals surface area (Å²) in [6.07, 6.45) is 0.718. The number of halogens is 2. The highest BCUT2D eigenvalue weighted by atomic mass is 35.5. The number of nitrogens with one attached hydrogen (secondary N) is 1. The standard InChI is InChI=1S/C29H33Cl2N3O5S/c1-5-16-32-29(36)21(3)33(18-22-12-15-24(30)25(31)17-22)28(35)19-34(26-8-6-7-9-27(26)39-4)40(37,38)23-13-10-20(2)11-14-23/h6-15,17,21H,5,16,18-19H2,1-4H3,(H,32,36). The molecule has 0 saturated heterocycles. The SMILES string of the molecule is CCCNC(=O)C(C)N(Cc1ccc(Cl)c(Cl)c1)C(=O)CN(c1ccccc1OC)S(=O)(=O)c1ccc(C)cc1. The lowest BCUT2D eigenvalue weighted by Crippen LogP contribution is -2.51. The number of anilines is 1. The summed E-state index contributed by atoms with van der Waals surface area (Å²) in [5.41, 5.74) is 1.71. The molecule has 0 aliphatic carbocycles. The molecule has 1 atom stereocenters. The second-order valence-electron chi connectivity index (χ2n) is 9.23. The molecule has 3 aromatic rings. The van der Waals surface area contributed by atoms with Gasteiger partial charge < -0.3 is 15.0 Å². The maximum Gasteiger partial charge on any atom is 0.264 e. The number of carbonyl (C=O) groups is 2. The molecule has 3 aromatic carbocycles. The molecule has 2 amide bonds. The van der Waals surface area contributed by atoms with Crippen molar-refractivity contribution in [2.75, 3.05) is 24.5 Å². The van der Waals surface area contributed by atoms with Gasteiger partial charge in [-0.25, -0.2) is 8.42 Å². The van der Waals surface area contributed by atoms with Crippen LogP contribution in [0.2, 0.25) is 10.0 Å². The van der Waals surface area contributed by atoms with E-state index >= 15 is 0 Å². The zero-order valence-electron chi connectivity index (χ0n) is 22.9. The lowest BCUT2D eigenvalue weighted by molar-refractivity contribution is -0.139. The van der Waals surface area contributed by atoms with Crippen molar-refractivity contribution >= 4 is 50.7 Å². The van der Waals surface area contributed by atoms with Crippen LogP contribution in [0.15, 0.2) is 71.6 Å². The summed E-state index contributed by atoms with van der Waals surface area (Å²) in [4.78, 5) is 28.3. The number of aryl methyl sites for hydroxylation is 1. The van der Waals surface area contributed by atoms with Crippen molar-refractivity contribution in [2.45, 2.75) is 44.7 Å². The molecular weight excluding hydrogens is 573 g/mol. The second kappa shape index (κ2) is 13.9. The van der Waals surface area contributed by atoms with Gasteiger partial charge >= 0.3 is 0 Å². The average molecular weight is 607 g/mol. The number of amides is 2. The Labute approximate surface area is 245 Å². The highest BCUT2D eigenvalue weighted by Crippen LogP contribution is 2.33. The Bertz CT molecular complexity index is 1450. The summed E-state index contributed by atoms with van der Waals surface area (Å²) in [5, 5.41) is 3.46. The van der Waals surface area contributed by atoms with Crippen molar-refractivity contribution in [3.05, 3.63) is 87.9 Å². The Morgan fingerprint density at radius 2 is 1.68 bits per heavy atom. The fraction of sp³-hybridized carbons (Fsp3) is 0.310. The summed E-state index contributed by atoms with van der Waals surface area (Å²) < 4.78 is 34.3. The number of carbonyl (C=O) groups excluding carboxylic acids is 2. The first-order valence-electron chi connectivity index (χ1n) is 12.7. The molecule has 214 valence electrons. The van der Waals surface area contributed by atoms with Crippen LogP contribution in [-0.2, 0) is 26.2 Å². The number of hydrogen-bond donors (Lipinski definition) is 1. The number of sulfonamides is 1. The third kappa shape index (κ3) is 7.47. The van der Waals surface area contributed by atoms with Crippen LogP contribution in [0.1, 0.15) is 31.4 Å². The smallest absolute Gasteiger partial charge is 0.264 e. The molecular formula is C29H33Cl2N3O5S. The number of nitrogens with zero attached hydrogens (tertiary/aromatic N) is 2. The van der Waals surface area contributed by atoms with Crippen LogP contribution in [0.25, 0.3) is 0 Å². The first kappa shape index (κ1) is 31.3. The predicted molar refractivity (Wildman–Crippen MR) is 158 cm³/mol. The van der Waals surface area contributed by atoms with Gasteiger partial charge in [0.25, 0.3) is 10.0 Å². The summed E-state index contributed by atoms with van der Waals surface area (Å²) in [7, 11) is -2.79. The molecule has 1 unspecified atom stereocenters. The minimum absolute atomic E-state index is 0.000772. The summed E-state index contributed by atoms with van der Waals surface area (Å²) in [6, 6.07) is 16.9. The van der Waals surface area contributed by atoms with E-state index in [1.54, 1.807) is 61.5 Å². The van der Waals surface area contributed by atoms with Gasteiger partial charge in [0.15, 0.2) is 0 Å². The van der Waals surface area contributed by atoms with Gasteiger partial charge in [-0.3, -0.25) is 13.9 Å². The van der Waals surface area contributed by atoms with Crippen LogP contribution >= 0.6 is 23.2 Å². The Kier molecular flexibility index (Phi) is 10.8. The molecule has 0 bridgehead atoms. The average Bonchev–Trinajstić information content (AvgIpc) is 2.94. The molecule has 0 radical (unpaired) electrons. The van der Waals surface area contributed by atoms with E-state index in [0.717, 1.165) is 16.3 Å². The van der Waals surface area contributed by atoms with E-state index < -0.39 is 28.5 Å². The molecule has 0 fully saturated rings. The third-order valence-electron chi connectivity index (χ3n) is 6.30. The van der Waals surface area contributed by atoms with Gasteiger partial charge in [0.05, 0.1) is 27.7 Å². The second-order valence-corrected chi connectivity index (χ2v) is 11.9. The zero-order chi connectivity index (χ0) is 29.4. The van der Waals surface area contributed by atoms with Crippen LogP contribution < -0.4 is 14.4 Å². The maximum absolute atomic E-state index is 14.0. The van der Waals surface area contributed by atoms with Crippen molar-refractivity contribution in [1.29, 1.82) is 0 Å². The topological polar surface area (TPSA) is 96.0 Å². The third-order valence-corrected chi connectivity index (χ3v) is 8.81. The highest BCUT2D eigenvalue weighted by Gasteiger charge is 2.33. The summed E-state index contributed by atoms with van der Waals surface area (Å²) in [6.45, 7) is 5.23. The molecule has 11 heteroatoms. The number of hydrogen-bond acceptors (Lipinski definition) is 5. The first-order chi connectivity index (χ1) is 19.0. The van der Waals surface area contributed by atoms with E-state index in [-0.39, 0.29) is 28.8 Å². The number of rotatable bonds is 12. The molecule has 0 aliphatic rings. The predicted octanol–water partition coefficient (Wildman–Crippen LogP) is 5.45. The maximum atomic E-state index is 14.0. The van der Waals surface area contributed by atoms with Gasteiger partial charge in [0.2, 0.25) is 11.8 Å². The van der Waals surface area contributed by atoms with Crippen LogP contribution in [0.3, 0.4) is 0 Å². The Balaban J connectivity index is 2.07. The quantitative estimate of drug-likeness (QED) is 0.296. The largest absolute Gasteiger partial charge is 0.495 e. The zero-order valence-corrected chi connectivity index (χ0v) is 25.2. The number of ether oxygens (including phenoxy) is 1. The van der Waals surface area contributed by atoms with Crippen LogP contribution in [0.5, 0.6) is 5.75 Å². The fourth-order valence-corrected chi connectivity index (χ4v) is 5.75. The first-order valence-corrected chi connectivity index (χ1v) is 14.9. The van der Waals surface area contributed by atoms with E-state index in [2.05, 4.69) is 5.32 Å². The summed E-state index contributed by atoms with van der Waals surface area (Å²) in [5.74, 6) is -0.678.